The van der Waals surface area contributed by atoms with Gasteiger partial charge in [-0.15, -0.1) is 0 Å². The van der Waals surface area contributed by atoms with Crippen LogP contribution in [0.4, 0.5) is 5.82 Å². The zero-order valence-electron chi connectivity index (χ0n) is 11.5. The number of nitrogens with zero attached hydrogens (tertiary/aromatic N) is 2. The van der Waals surface area contributed by atoms with Crippen LogP contribution < -0.4 is 16.6 Å². The van der Waals surface area contributed by atoms with E-state index in [9.17, 15) is 10.1 Å². The van der Waals surface area contributed by atoms with Crippen LogP contribution in [0.15, 0.2) is 39.1 Å². The Hall–Kier alpha value is -2.30. The van der Waals surface area contributed by atoms with Crippen molar-refractivity contribution in [2.24, 2.45) is 0 Å². The number of benzene rings is 1. The summed E-state index contributed by atoms with van der Waals surface area (Å²) in [7, 11) is 0. The van der Waals surface area contributed by atoms with E-state index in [0.717, 1.165) is 17.0 Å². The third-order valence-corrected chi connectivity index (χ3v) is 3.65. The molecular formula is C14H15N5OS. The van der Waals surface area contributed by atoms with Crippen molar-refractivity contribution in [2.45, 2.75) is 23.5 Å². The quantitative estimate of drug-likeness (QED) is 0.722. The zero-order chi connectivity index (χ0) is 15.2. The lowest BCUT2D eigenvalue weighted by molar-refractivity contribution is 0.726. The van der Waals surface area contributed by atoms with Gasteiger partial charge in [0.1, 0.15) is 11.9 Å². The van der Waals surface area contributed by atoms with Gasteiger partial charge < -0.3 is 16.0 Å². The number of rotatable bonds is 5. The van der Waals surface area contributed by atoms with Crippen molar-refractivity contribution in [3.05, 3.63) is 45.7 Å². The summed E-state index contributed by atoms with van der Waals surface area (Å²) < 4.78 is 0. The molecule has 0 atom stereocenters. The van der Waals surface area contributed by atoms with Crippen molar-refractivity contribution < 1.29 is 0 Å². The first-order valence-electron chi connectivity index (χ1n) is 6.41. The highest BCUT2D eigenvalue weighted by molar-refractivity contribution is 7.99. The molecule has 1 aromatic carbocycles. The molecule has 0 saturated heterocycles. The fraction of sp³-hybridized carbons (Fsp3) is 0.214. The summed E-state index contributed by atoms with van der Waals surface area (Å²) in [6.07, 6.45) is 0. The van der Waals surface area contributed by atoms with E-state index >= 15 is 0 Å². The Kier molecular flexibility index (Phi) is 4.98. The molecule has 0 aliphatic rings. The predicted molar refractivity (Wildman–Crippen MR) is 81.9 cm³/mol. The molecule has 0 fully saturated rings. The Bertz CT molecular complexity index is 735. The lowest BCUT2D eigenvalue weighted by atomic mass is 10.1. The van der Waals surface area contributed by atoms with Gasteiger partial charge in [0.15, 0.2) is 5.16 Å². The Morgan fingerprint density at radius 2 is 2.29 bits per heavy atom. The maximum Gasteiger partial charge on any atom is 0.253 e. The second-order valence-electron chi connectivity index (χ2n) is 4.30. The first-order chi connectivity index (χ1) is 10.1. The fourth-order valence-electron chi connectivity index (χ4n) is 1.74. The summed E-state index contributed by atoms with van der Waals surface area (Å²) in [4.78, 5) is 18.7. The normalized spacial score (nSPS) is 10.3. The molecule has 0 saturated carbocycles. The van der Waals surface area contributed by atoms with Gasteiger partial charge in [-0.1, -0.05) is 24.8 Å². The summed E-state index contributed by atoms with van der Waals surface area (Å²) in [5, 5.41) is 12.8. The number of aromatic nitrogens is 2. The van der Waals surface area contributed by atoms with Gasteiger partial charge in [-0.3, -0.25) is 4.79 Å². The van der Waals surface area contributed by atoms with Crippen LogP contribution in [0, 0.1) is 11.3 Å². The van der Waals surface area contributed by atoms with Crippen molar-refractivity contribution in [1.82, 2.24) is 15.3 Å². The molecule has 0 unspecified atom stereocenters. The molecule has 7 heteroatoms. The standard InChI is InChI=1S/C14H15N5OS/c1-2-17-8-9-3-4-11(10(5-9)7-15)21-14-18-12(16)6-13(20)19-14/h3-6,17H,2,8H2,1H3,(H3,16,18,19,20). The molecule has 2 rings (SSSR count). The number of nitriles is 1. The molecule has 6 nitrogen and oxygen atoms in total. The monoisotopic (exact) mass is 301 g/mol. The highest BCUT2D eigenvalue weighted by Crippen LogP contribution is 2.28. The Morgan fingerprint density at radius 1 is 1.48 bits per heavy atom. The summed E-state index contributed by atoms with van der Waals surface area (Å²) in [5.41, 5.74) is 6.81. The van der Waals surface area contributed by atoms with Crippen molar-refractivity contribution in [3.8, 4) is 6.07 Å². The average molecular weight is 301 g/mol. The van der Waals surface area contributed by atoms with Crippen LogP contribution in [0.25, 0.3) is 0 Å². The predicted octanol–water partition coefficient (Wildman–Crippen LogP) is 1.48. The molecule has 0 amide bonds. The van der Waals surface area contributed by atoms with Gasteiger partial charge in [-0.05, 0) is 24.2 Å². The molecule has 0 aliphatic heterocycles. The molecule has 0 bridgehead atoms. The van der Waals surface area contributed by atoms with E-state index in [-0.39, 0.29) is 11.4 Å². The van der Waals surface area contributed by atoms with Crippen LogP contribution >= 0.6 is 11.8 Å². The molecular weight excluding hydrogens is 286 g/mol. The topological polar surface area (TPSA) is 108 Å². The number of hydrogen-bond acceptors (Lipinski definition) is 6. The van der Waals surface area contributed by atoms with Gasteiger partial charge >= 0.3 is 0 Å². The van der Waals surface area contributed by atoms with E-state index < -0.39 is 0 Å². The number of hydrogen-bond donors (Lipinski definition) is 3. The number of H-pyrrole nitrogens is 1. The van der Waals surface area contributed by atoms with Crippen molar-refractivity contribution in [3.63, 3.8) is 0 Å². The van der Waals surface area contributed by atoms with Crippen LogP contribution in [-0.2, 0) is 6.54 Å². The molecule has 0 aliphatic carbocycles. The van der Waals surface area contributed by atoms with E-state index in [0.29, 0.717) is 17.3 Å². The molecule has 1 heterocycles. The molecule has 4 N–H and O–H groups in total. The largest absolute Gasteiger partial charge is 0.383 e. The summed E-state index contributed by atoms with van der Waals surface area (Å²) in [6, 6.07) is 9.00. The van der Waals surface area contributed by atoms with E-state index in [4.69, 9.17) is 5.73 Å². The van der Waals surface area contributed by atoms with Gasteiger partial charge in [0.25, 0.3) is 5.56 Å². The van der Waals surface area contributed by atoms with Crippen LogP contribution in [0.5, 0.6) is 0 Å². The SMILES string of the molecule is CCNCc1ccc(Sc2nc(N)cc(=O)[nH]2)c(C#N)c1. The molecule has 108 valence electrons. The zero-order valence-corrected chi connectivity index (χ0v) is 12.3. The number of aromatic amines is 1. The first-order valence-corrected chi connectivity index (χ1v) is 7.22. The molecule has 0 spiro atoms. The van der Waals surface area contributed by atoms with Gasteiger partial charge in [0.2, 0.25) is 0 Å². The van der Waals surface area contributed by atoms with Crippen LogP contribution in [0.2, 0.25) is 0 Å². The van der Waals surface area contributed by atoms with E-state index in [2.05, 4.69) is 21.4 Å². The maximum atomic E-state index is 11.4. The summed E-state index contributed by atoms with van der Waals surface area (Å²) in [6.45, 7) is 3.60. The number of nitrogens with two attached hydrogens (primary N) is 1. The van der Waals surface area contributed by atoms with Gasteiger partial charge in [-0.2, -0.15) is 5.26 Å². The average Bonchev–Trinajstić information content (AvgIpc) is 2.45. The third kappa shape index (κ3) is 4.08. The first kappa shape index (κ1) is 15.1. The molecule has 0 radical (unpaired) electrons. The van der Waals surface area contributed by atoms with E-state index in [1.807, 2.05) is 25.1 Å². The minimum Gasteiger partial charge on any atom is -0.383 e. The van der Waals surface area contributed by atoms with Crippen molar-refractivity contribution in [2.75, 3.05) is 12.3 Å². The van der Waals surface area contributed by atoms with E-state index in [1.165, 1.54) is 17.8 Å². The summed E-state index contributed by atoms with van der Waals surface area (Å²) >= 11 is 1.21. The summed E-state index contributed by atoms with van der Waals surface area (Å²) in [5.74, 6) is 0.156. The smallest absolute Gasteiger partial charge is 0.253 e. The third-order valence-electron chi connectivity index (χ3n) is 2.69. The Morgan fingerprint density at radius 3 is 2.95 bits per heavy atom. The molecule has 21 heavy (non-hydrogen) atoms. The lowest BCUT2D eigenvalue weighted by Gasteiger charge is -2.07. The van der Waals surface area contributed by atoms with Crippen LogP contribution in [0.1, 0.15) is 18.1 Å². The maximum absolute atomic E-state index is 11.4. The lowest BCUT2D eigenvalue weighted by Crippen LogP contribution is -2.11. The minimum atomic E-state index is -0.313. The molecule has 1 aromatic heterocycles. The van der Waals surface area contributed by atoms with E-state index in [1.54, 1.807) is 0 Å². The Balaban J connectivity index is 2.27. The van der Waals surface area contributed by atoms with Gasteiger partial charge in [0, 0.05) is 17.5 Å². The van der Waals surface area contributed by atoms with Gasteiger partial charge in [0.05, 0.1) is 5.56 Å². The number of nitrogens with one attached hydrogen (secondary N) is 2. The van der Waals surface area contributed by atoms with Gasteiger partial charge in [-0.25, -0.2) is 4.98 Å². The van der Waals surface area contributed by atoms with Crippen molar-refractivity contribution >= 4 is 17.6 Å². The second kappa shape index (κ2) is 6.92. The Labute approximate surface area is 126 Å². The highest BCUT2D eigenvalue weighted by Gasteiger charge is 2.08. The van der Waals surface area contributed by atoms with Crippen LogP contribution in [-0.4, -0.2) is 16.5 Å². The highest BCUT2D eigenvalue weighted by atomic mass is 32.2. The minimum absolute atomic E-state index is 0.156. The molecule has 2 aromatic rings. The second-order valence-corrected chi connectivity index (χ2v) is 5.33. The fourth-order valence-corrected chi connectivity index (χ4v) is 2.60. The van der Waals surface area contributed by atoms with Crippen LogP contribution in [0.3, 0.4) is 0 Å². The number of anilines is 1. The number of nitrogen functional groups attached to an aromatic ring is 1. The van der Waals surface area contributed by atoms with Crippen molar-refractivity contribution in [1.29, 1.82) is 5.26 Å².